The monoisotopic (exact) mass is 220 g/mol. The van der Waals surface area contributed by atoms with Crippen LogP contribution in [0.4, 0.5) is 0 Å². The normalized spacial score (nSPS) is 14.2. The van der Waals surface area contributed by atoms with Gasteiger partial charge < -0.3 is 0 Å². The Labute approximate surface area is 96.8 Å². The minimum atomic E-state index is 0.130. The molecule has 0 fully saturated rings. The van der Waals surface area contributed by atoms with Crippen molar-refractivity contribution in [2.75, 3.05) is 0 Å². The van der Waals surface area contributed by atoms with E-state index in [0.29, 0.717) is 12.0 Å². The fourth-order valence-electron chi connectivity index (χ4n) is 2.51. The fourth-order valence-corrected chi connectivity index (χ4v) is 2.51. The first kappa shape index (κ1) is 8.82. The number of Topliss-reactive ketones (excluding diaryl/α,β-unsaturated/α-hetero) is 1. The van der Waals surface area contributed by atoms with Gasteiger partial charge in [0.1, 0.15) is 0 Å². The van der Waals surface area contributed by atoms with E-state index in [-0.39, 0.29) is 5.78 Å². The molecule has 0 unspecified atom stereocenters. The maximum absolute atomic E-state index is 11.9. The van der Waals surface area contributed by atoms with Crippen LogP contribution in [-0.4, -0.2) is 15.8 Å². The maximum atomic E-state index is 11.9. The molecule has 0 aliphatic heterocycles. The molecule has 2 aromatic heterocycles. The third kappa shape index (κ3) is 1.03. The summed E-state index contributed by atoms with van der Waals surface area (Å²) in [5.74, 6) is 0.130. The van der Waals surface area contributed by atoms with Crippen LogP contribution in [0.3, 0.4) is 0 Å². The highest BCUT2D eigenvalue weighted by Crippen LogP contribution is 2.26. The van der Waals surface area contributed by atoms with Gasteiger partial charge in [0.25, 0.3) is 0 Å². The Morgan fingerprint density at radius 1 is 1.06 bits per heavy atom. The van der Waals surface area contributed by atoms with Gasteiger partial charge in [0.15, 0.2) is 5.78 Å². The van der Waals surface area contributed by atoms with Crippen molar-refractivity contribution in [3.8, 4) is 0 Å². The molecule has 3 heteroatoms. The van der Waals surface area contributed by atoms with Gasteiger partial charge in [0, 0.05) is 40.5 Å². The summed E-state index contributed by atoms with van der Waals surface area (Å²) in [6.07, 6.45) is 5.85. The van der Waals surface area contributed by atoms with E-state index in [0.717, 1.165) is 27.0 Å². The molecule has 0 bridgehead atoms. The van der Waals surface area contributed by atoms with E-state index in [1.807, 2.05) is 30.5 Å². The summed E-state index contributed by atoms with van der Waals surface area (Å²) in [4.78, 5) is 20.7. The van der Waals surface area contributed by atoms with Gasteiger partial charge in [-0.3, -0.25) is 14.8 Å². The van der Waals surface area contributed by atoms with Crippen molar-refractivity contribution in [2.24, 2.45) is 0 Å². The highest BCUT2D eigenvalue weighted by molar-refractivity contribution is 6.18. The summed E-state index contributed by atoms with van der Waals surface area (Å²) in [5.41, 5.74) is 1.63. The van der Waals surface area contributed by atoms with Crippen molar-refractivity contribution in [1.29, 1.82) is 0 Å². The van der Waals surface area contributed by atoms with Crippen molar-refractivity contribution >= 4 is 33.5 Å². The Morgan fingerprint density at radius 3 is 2.94 bits per heavy atom. The van der Waals surface area contributed by atoms with E-state index in [1.54, 1.807) is 6.20 Å². The van der Waals surface area contributed by atoms with Crippen LogP contribution in [0.5, 0.6) is 0 Å². The molecule has 4 rings (SSSR count). The molecular formula is C14H8N2O. The van der Waals surface area contributed by atoms with Crippen LogP contribution in [0.2, 0.25) is 0 Å². The molecule has 0 N–H and O–H groups in total. The topological polar surface area (TPSA) is 42.9 Å². The smallest absolute Gasteiger partial charge is 0.168 e. The van der Waals surface area contributed by atoms with Crippen LogP contribution in [0.15, 0.2) is 30.6 Å². The third-order valence-corrected chi connectivity index (χ3v) is 3.31. The molecule has 3 aromatic rings. The van der Waals surface area contributed by atoms with Crippen LogP contribution in [0.1, 0.15) is 16.8 Å². The van der Waals surface area contributed by atoms with Crippen molar-refractivity contribution in [3.05, 3.63) is 41.5 Å². The highest BCUT2D eigenvalue weighted by atomic mass is 16.1. The van der Waals surface area contributed by atoms with Crippen LogP contribution >= 0.6 is 0 Å². The molecule has 1 aromatic carbocycles. The summed E-state index contributed by atoms with van der Waals surface area (Å²) in [7, 11) is 0. The molecule has 0 atom stereocenters. The van der Waals surface area contributed by atoms with Crippen LogP contribution in [0.25, 0.3) is 27.8 Å². The highest BCUT2D eigenvalue weighted by Gasteiger charge is 2.17. The molecule has 80 valence electrons. The first-order valence-electron chi connectivity index (χ1n) is 5.54. The summed E-state index contributed by atoms with van der Waals surface area (Å²) in [6, 6.07) is 5.93. The Bertz CT molecular complexity index is 820. The molecule has 0 saturated heterocycles. The van der Waals surface area contributed by atoms with Crippen molar-refractivity contribution in [2.45, 2.75) is 6.42 Å². The average Bonchev–Trinajstić information content (AvgIpc) is 2.38. The number of carbonyl (C=O) groups is 1. The van der Waals surface area contributed by atoms with Crippen molar-refractivity contribution < 1.29 is 4.79 Å². The van der Waals surface area contributed by atoms with Gasteiger partial charge in [0.05, 0.1) is 10.9 Å². The zero-order valence-electron chi connectivity index (χ0n) is 8.97. The Morgan fingerprint density at radius 2 is 2.00 bits per heavy atom. The lowest BCUT2D eigenvalue weighted by molar-refractivity contribution is 0.0999. The Hall–Kier alpha value is -2.29. The molecule has 0 saturated carbocycles. The number of hydrogen-bond acceptors (Lipinski definition) is 3. The van der Waals surface area contributed by atoms with Crippen LogP contribution in [0, 0.1) is 0 Å². The van der Waals surface area contributed by atoms with E-state index < -0.39 is 0 Å². The molecular weight excluding hydrogens is 212 g/mol. The summed E-state index contributed by atoms with van der Waals surface area (Å²) in [5, 5.41) is 3.97. The Kier molecular flexibility index (Phi) is 1.50. The number of ketones is 1. The third-order valence-electron chi connectivity index (χ3n) is 3.31. The van der Waals surface area contributed by atoms with Gasteiger partial charge in [-0.2, -0.15) is 0 Å². The summed E-state index contributed by atoms with van der Waals surface area (Å²) in [6.45, 7) is 0. The van der Waals surface area contributed by atoms with Gasteiger partial charge in [-0.05, 0) is 6.07 Å². The standard InChI is InChI=1S/C14H8N2O/c17-12-5-4-11-14-9(12)7-16-10-3-1-2-8(6-15-11)13(10)14/h1-4,6-7H,5H2. The van der Waals surface area contributed by atoms with Crippen LogP contribution < -0.4 is 5.35 Å². The van der Waals surface area contributed by atoms with E-state index in [2.05, 4.69) is 9.97 Å². The molecule has 1 aliphatic carbocycles. The predicted molar refractivity (Wildman–Crippen MR) is 65.7 cm³/mol. The van der Waals surface area contributed by atoms with Gasteiger partial charge >= 0.3 is 0 Å². The molecule has 3 nitrogen and oxygen atoms in total. The Balaban J connectivity index is 2.44. The van der Waals surface area contributed by atoms with Gasteiger partial charge in [-0.15, -0.1) is 0 Å². The number of carbonyl (C=O) groups excluding carboxylic acids is 1. The van der Waals surface area contributed by atoms with E-state index in [9.17, 15) is 4.79 Å². The first-order chi connectivity index (χ1) is 8.34. The molecule has 0 radical (unpaired) electrons. The second kappa shape index (κ2) is 2.88. The number of rotatable bonds is 0. The van der Waals surface area contributed by atoms with Gasteiger partial charge in [-0.25, -0.2) is 0 Å². The van der Waals surface area contributed by atoms with Crippen molar-refractivity contribution in [1.82, 2.24) is 9.97 Å². The number of hydrogen-bond donors (Lipinski definition) is 0. The SMILES string of the molecule is O=C1CC=c2ncc3cccc4ncc1c2c34. The molecule has 0 spiro atoms. The largest absolute Gasteiger partial charge is 0.294 e. The van der Waals surface area contributed by atoms with Crippen molar-refractivity contribution in [3.63, 3.8) is 0 Å². The number of pyridine rings is 2. The fraction of sp³-hybridized carbons (Fsp3) is 0.0714. The predicted octanol–water partition coefficient (Wildman–Crippen LogP) is 1.87. The lowest BCUT2D eigenvalue weighted by Gasteiger charge is -2.12. The molecule has 2 heterocycles. The minimum Gasteiger partial charge on any atom is -0.294 e. The maximum Gasteiger partial charge on any atom is 0.168 e. The van der Waals surface area contributed by atoms with E-state index >= 15 is 0 Å². The van der Waals surface area contributed by atoms with Gasteiger partial charge in [-0.1, -0.05) is 18.2 Å². The molecule has 0 amide bonds. The summed E-state index contributed by atoms with van der Waals surface area (Å²) < 4.78 is 0. The second-order valence-corrected chi connectivity index (χ2v) is 4.26. The summed E-state index contributed by atoms with van der Waals surface area (Å²) >= 11 is 0. The molecule has 17 heavy (non-hydrogen) atoms. The second-order valence-electron chi connectivity index (χ2n) is 4.26. The first-order valence-corrected chi connectivity index (χ1v) is 5.54. The zero-order chi connectivity index (χ0) is 11.4. The number of nitrogens with zero attached hydrogens (tertiary/aromatic N) is 2. The lowest BCUT2D eigenvalue weighted by atomic mass is 9.95. The van der Waals surface area contributed by atoms with E-state index in [1.165, 1.54) is 0 Å². The quantitative estimate of drug-likeness (QED) is 0.580. The number of aromatic nitrogens is 2. The lowest BCUT2D eigenvalue weighted by Crippen LogP contribution is -2.18. The molecule has 1 aliphatic rings. The average molecular weight is 220 g/mol. The van der Waals surface area contributed by atoms with Gasteiger partial charge in [0.2, 0.25) is 0 Å². The van der Waals surface area contributed by atoms with Crippen LogP contribution in [-0.2, 0) is 0 Å². The number of benzene rings is 1. The van der Waals surface area contributed by atoms with E-state index in [4.69, 9.17) is 0 Å². The zero-order valence-corrected chi connectivity index (χ0v) is 8.97. The minimum absolute atomic E-state index is 0.130.